The number of hydrogen-bond acceptors (Lipinski definition) is 1. The van der Waals surface area contributed by atoms with Crippen molar-refractivity contribution in [3.8, 4) is 22.3 Å². The van der Waals surface area contributed by atoms with E-state index in [9.17, 15) is 0 Å². The number of benzene rings is 4. The van der Waals surface area contributed by atoms with Crippen molar-refractivity contribution in [2.75, 3.05) is 0 Å². The summed E-state index contributed by atoms with van der Waals surface area (Å²) >= 11 is 5.55. The molecule has 2 heteroatoms. The highest BCUT2D eigenvalue weighted by Gasteiger charge is 2.08. The van der Waals surface area contributed by atoms with Gasteiger partial charge in [0.1, 0.15) is 0 Å². The average Bonchev–Trinajstić information content (AvgIpc) is 3.06. The molecule has 0 nitrogen and oxygen atoms in total. The molecule has 4 aromatic carbocycles. The van der Waals surface area contributed by atoms with Crippen molar-refractivity contribution in [3.05, 3.63) is 95.5 Å². The van der Waals surface area contributed by atoms with Crippen LogP contribution in [0.5, 0.6) is 0 Å². The molecule has 0 fully saturated rings. The van der Waals surface area contributed by atoms with E-state index in [0.717, 1.165) is 4.47 Å². The smallest absolute Gasteiger partial charge is 0.0355 e. The molecule has 1 aromatic heterocycles. The first-order valence-corrected chi connectivity index (χ1v) is 10.2. The first-order chi connectivity index (χ1) is 12.8. The largest absolute Gasteiger partial charge is 0.135 e. The van der Waals surface area contributed by atoms with Crippen LogP contribution in [0.2, 0.25) is 0 Å². The predicted octanol–water partition coefficient (Wildman–Crippen LogP) is 8.15. The zero-order chi connectivity index (χ0) is 17.5. The van der Waals surface area contributed by atoms with Gasteiger partial charge in [-0.15, -0.1) is 11.3 Å². The quantitative estimate of drug-likeness (QED) is 0.273. The summed E-state index contributed by atoms with van der Waals surface area (Å²) in [6.07, 6.45) is 0. The Morgan fingerprint density at radius 2 is 1.19 bits per heavy atom. The Labute approximate surface area is 164 Å². The van der Waals surface area contributed by atoms with Crippen LogP contribution in [0.15, 0.2) is 95.5 Å². The number of fused-ring (bicyclic) bond motifs is 3. The van der Waals surface area contributed by atoms with E-state index in [2.05, 4.69) is 107 Å². The van der Waals surface area contributed by atoms with Gasteiger partial charge in [-0.05, 0) is 58.7 Å². The molecule has 0 aliphatic rings. The zero-order valence-electron chi connectivity index (χ0n) is 13.9. The molecule has 5 aromatic rings. The standard InChI is InChI=1S/C24H15BrS/c25-20-13-18(16-6-2-1-3-7-16)12-19(14-20)17-10-11-24-22(15-17)21-8-4-5-9-23(21)26-24/h1-15H. The number of halogens is 1. The van der Waals surface area contributed by atoms with Gasteiger partial charge in [-0.3, -0.25) is 0 Å². The lowest BCUT2D eigenvalue weighted by molar-refractivity contribution is 1.57. The molecule has 0 N–H and O–H groups in total. The summed E-state index contributed by atoms with van der Waals surface area (Å²) in [5.41, 5.74) is 4.94. The lowest BCUT2D eigenvalue weighted by atomic mass is 9.98. The summed E-state index contributed by atoms with van der Waals surface area (Å²) in [7, 11) is 0. The van der Waals surface area contributed by atoms with Gasteiger partial charge in [0.15, 0.2) is 0 Å². The summed E-state index contributed by atoms with van der Waals surface area (Å²) in [5, 5.41) is 2.68. The molecule has 0 spiro atoms. The third-order valence-electron chi connectivity index (χ3n) is 4.71. The topological polar surface area (TPSA) is 0 Å². The van der Waals surface area contributed by atoms with E-state index >= 15 is 0 Å². The van der Waals surface area contributed by atoms with Gasteiger partial charge in [-0.25, -0.2) is 0 Å². The van der Waals surface area contributed by atoms with Crippen LogP contribution in [0.1, 0.15) is 0 Å². The minimum atomic E-state index is 1.10. The van der Waals surface area contributed by atoms with Crippen molar-refractivity contribution in [2.45, 2.75) is 0 Å². The van der Waals surface area contributed by atoms with E-state index in [4.69, 9.17) is 0 Å². The number of hydrogen-bond donors (Lipinski definition) is 0. The van der Waals surface area contributed by atoms with Crippen LogP contribution in [-0.4, -0.2) is 0 Å². The van der Waals surface area contributed by atoms with Gasteiger partial charge in [0.25, 0.3) is 0 Å². The molecule has 0 radical (unpaired) electrons. The maximum Gasteiger partial charge on any atom is 0.0355 e. The summed E-state index contributed by atoms with van der Waals surface area (Å²) in [6.45, 7) is 0. The van der Waals surface area contributed by atoms with Crippen LogP contribution >= 0.6 is 27.3 Å². The van der Waals surface area contributed by atoms with Crippen LogP contribution in [0.3, 0.4) is 0 Å². The molecule has 5 rings (SSSR count). The molecule has 124 valence electrons. The van der Waals surface area contributed by atoms with Gasteiger partial charge in [-0.2, -0.15) is 0 Å². The van der Waals surface area contributed by atoms with E-state index in [-0.39, 0.29) is 0 Å². The molecular formula is C24H15BrS. The van der Waals surface area contributed by atoms with Gasteiger partial charge in [0.2, 0.25) is 0 Å². The Morgan fingerprint density at radius 1 is 0.500 bits per heavy atom. The number of thiophene rings is 1. The van der Waals surface area contributed by atoms with Gasteiger partial charge in [0.05, 0.1) is 0 Å². The molecule has 0 bridgehead atoms. The zero-order valence-corrected chi connectivity index (χ0v) is 16.3. The molecule has 1 heterocycles. The third-order valence-corrected chi connectivity index (χ3v) is 6.32. The highest BCUT2D eigenvalue weighted by atomic mass is 79.9. The molecule has 26 heavy (non-hydrogen) atoms. The van der Waals surface area contributed by atoms with E-state index in [0.29, 0.717) is 0 Å². The van der Waals surface area contributed by atoms with Crippen LogP contribution < -0.4 is 0 Å². The molecule has 0 aliphatic carbocycles. The molecule has 0 atom stereocenters. The Morgan fingerprint density at radius 3 is 2.04 bits per heavy atom. The Hall–Kier alpha value is -2.42. The molecule has 0 aliphatic heterocycles. The van der Waals surface area contributed by atoms with Crippen LogP contribution in [-0.2, 0) is 0 Å². The van der Waals surface area contributed by atoms with E-state index in [1.807, 2.05) is 11.3 Å². The van der Waals surface area contributed by atoms with Crippen LogP contribution in [0.25, 0.3) is 42.4 Å². The lowest BCUT2D eigenvalue weighted by Gasteiger charge is -2.08. The van der Waals surface area contributed by atoms with Crippen LogP contribution in [0.4, 0.5) is 0 Å². The first kappa shape index (κ1) is 15.8. The van der Waals surface area contributed by atoms with Crippen molar-refractivity contribution in [2.24, 2.45) is 0 Å². The van der Waals surface area contributed by atoms with Crippen molar-refractivity contribution < 1.29 is 0 Å². The molecule has 0 unspecified atom stereocenters. The van der Waals surface area contributed by atoms with Crippen LogP contribution in [0, 0.1) is 0 Å². The van der Waals surface area contributed by atoms with E-state index < -0.39 is 0 Å². The maximum absolute atomic E-state index is 3.69. The number of rotatable bonds is 2. The summed E-state index contributed by atoms with van der Waals surface area (Å²) in [6, 6.07) is 32.6. The minimum absolute atomic E-state index is 1.10. The normalized spacial score (nSPS) is 11.3. The van der Waals surface area contributed by atoms with Crippen molar-refractivity contribution >= 4 is 47.4 Å². The second-order valence-electron chi connectivity index (χ2n) is 6.40. The third kappa shape index (κ3) is 2.76. The van der Waals surface area contributed by atoms with Gasteiger partial charge in [-0.1, -0.05) is 70.5 Å². The first-order valence-electron chi connectivity index (χ1n) is 8.56. The molecule has 0 amide bonds. The average molecular weight is 415 g/mol. The molecule has 0 saturated carbocycles. The van der Waals surface area contributed by atoms with Crippen molar-refractivity contribution in [1.82, 2.24) is 0 Å². The Kier molecular flexibility index (Phi) is 3.88. The second-order valence-corrected chi connectivity index (χ2v) is 8.40. The highest BCUT2D eigenvalue weighted by molar-refractivity contribution is 9.10. The summed E-state index contributed by atoms with van der Waals surface area (Å²) in [4.78, 5) is 0. The van der Waals surface area contributed by atoms with Gasteiger partial charge >= 0.3 is 0 Å². The fraction of sp³-hybridized carbons (Fsp3) is 0. The monoisotopic (exact) mass is 414 g/mol. The maximum atomic E-state index is 3.69. The second kappa shape index (κ2) is 6.39. The van der Waals surface area contributed by atoms with Crippen molar-refractivity contribution in [1.29, 1.82) is 0 Å². The van der Waals surface area contributed by atoms with E-state index in [1.54, 1.807) is 0 Å². The van der Waals surface area contributed by atoms with E-state index in [1.165, 1.54) is 42.4 Å². The Bertz CT molecular complexity index is 1240. The highest BCUT2D eigenvalue weighted by Crippen LogP contribution is 2.37. The minimum Gasteiger partial charge on any atom is -0.135 e. The fourth-order valence-electron chi connectivity index (χ4n) is 3.46. The summed E-state index contributed by atoms with van der Waals surface area (Å²) < 4.78 is 3.79. The fourth-order valence-corrected chi connectivity index (χ4v) is 5.04. The lowest BCUT2D eigenvalue weighted by Crippen LogP contribution is -1.83. The Balaban J connectivity index is 1.70. The molecule has 0 saturated heterocycles. The predicted molar refractivity (Wildman–Crippen MR) is 118 cm³/mol. The summed E-state index contributed by atoms with van der Waals surface area (Å²) in [5.74, 6) is 0. The van der Waals surface area contributed by atoms with Gasteiger partial charge < -0.3 is 0 Å². The van der Waals surface area contributed by atoms with Crippen molar-refractivity contribution in [3.63, 3.8) is 0 Å². The SMILES string of the molecule is Brc1cc(-c2ccccc2)cc(-c2ccc3sc4ccccc4c3c2)c1. The van der Waals surface area contributed by atoms with Gasteiger partial charge in [0, 0.05) is 24.6 Å². The molecular weight excluding hydrogens is 400 g/mol.